The molecule has 1 unspecified atom stereocenters. The van der Waals surface area contributed by atoms with Crippen molar-refractivity contribution in [3.05, 3.63) is 52.1 Å². The fourth-order valence-corrected chi connectivity index (χ4v) is 3.98. The molecule has 148 valence electrons. The molecule has 0 fully saturated rings. The van der Waals surface area contributed by atoms with E-state index in [2.05, 4.69) is 4.99 Å². The Morgan fingerprint density at radius 2 is 1.96 bits per heavy atom. The van der Waals surface area contributed by atoms with E-state index in [1.807, 2.05) is 0 Å². The molecule has 0 amide bonds. The Labute approximate surface area is 162 Å². The molecule has 8 nitrogen and oxygen atoms in total. The largest absolute Gasteiger partial charge is 0.463 e. The summed E-state index contributed by atoms with van der Waals surface area (Å²) in [6, 6.07) is 5.75. The highest BCUT2D eigenvalue weighted by molar-refractivity contribution is 6.05. The Kier molecular flexibility index (Phi) is 5.99. The average molecular weight is 386 g/mol. The number of hydrogen-bond acceptors (Lipinski definition) is 7. The van der Waals surface area contributed by atoms with Gasteiger partial charge in [-0.25, -0.2) is 0 Å². The van der Waals surface area contributed by atoms with Crippen LogP contribution in [0.2, 0.25) is 0 Å². The summed E-state index contributed by atoms with van der Waals surface area (Å²) in [5.41, 5.74) is 1.25. The second-order valence-corrected chi connectivity index (χ2v) is 6.92. The summed E-state index contributed by atoms with van der Waals surface area (Å²) in [5.74, 6) is -2.28. The monoisotopic (exact) mass is 386 g/mol. The molecule has 1 aromatic carbocycles. The van der Waals surface area contributed by atoms with E-state index in [1.54, 1.807) is 25.1 Å². The van der Waals surface area contributed by atoms with Crippen molar-refractivity contribution in [2.45, 2.75) is 25.3 Å². The number of rotatable bonds is 6. The first-order chi connectivity index (χ1) is 13.4. The number of methoxy groups -OCH3 is 1. The number of esters is 1. The van der Waals surface area contributed by atoms with Crippen LogP contribution in [-0.4, -0.2) is 48.8 Å². The molecule has 1 heterocycles. The van der Waals surface area contributed by atoms with Gasteiger partial charge >= 0.3 is 5.97 Å². The van der Waals surface area contributed by atoms with Crippen LogP contribution in [0.5, 0.6) is 0 Å². The van der Waals surface area contributed by atoms with E-state index in [-0.39, 0.29) is 30.7 Å². The van der Waals surface area contributed by atoms with E-state index in [9.17, 15) is 19.7 Å². The van der Waals surface area contributed by atoms with E-state index in [0.29, 0.717) is 17.7 Å². The van der Waals surface area contributed by atoms with Crippen LogP contribution in [0.3, 0.4) is 0 Å². The molecule has 8 heteroatoms. The normalized spacial score (nSPS) is 26.4. The summed E-state index contributed by atoms with van der Waals surface area (Å²) >= 11 is 0. The van der Waals surface area contributed by atoms with Gasteiger partial charge in [-0.2, -0.15) is 0 Å². The number of fused-ring (bicyclic) bond motifs is 1. The van der Waals surface area contributed by atoms with Crippen LogP contribution in [0.15, 0.2) is 41.4 Å². The number of nitro groups is 1. The van der Waals surface area contributed by atoms with Crippen LogP contribution in [-0.2, 0) is 19.1 Å². The van der Waals surface area contributed by atoms with Crippen LogP contribution in [0.4, 0.5) is 5.69 Å². The lowest BCUT2D eigenvalue weighted by molar-refractivity contribution is -0.384. The minimum Gasteiger partial charge on any atom is -0.463 e. The van der Waals surface area contributed by atoms with Crippen molar-refractivity contribution >= 4 is 23.2 Å². The number of allylic oxidation sites excluding steroid dienone is 1. The fourth-order valence-electron chi connectivity index (χ4n) is 3.98. The molecular weight excluding hydrogens is 364 g/mol. The Morgan fingerprint density at radius 3 is 2.61 bits per heavy atom. The van der Waals surface area contributed by atoms with Gasteiger partial charge < -0.3 is 9.47 Å². The van der Waals surface area contributed by atoms with Crippen molar-refractivity contribution in [1.29, 1.82) is 0 Å². The van der Waals surface area contributed by atoms with Gasteiger partial charge in [-0.15, -0.1) is 0 Å². The van der Waals surface area contributed by atoms with Gasteiger partial charge in [-0.1, -0.05) is 18.2 Å². The maximum Gasteiger partial charge on any atom is 0.315 e. The Morgan fingerprint density at radius 1 is 1.25 bits per heavy atom. The molecule has 1 aliphatic carbocycles. The summed E-state index contributed by atoms with van der Waals surface area (Å²) in [6.45, 7) is 2.14. The number of non-ortho nitro benzene ring substituents is 1. The summed E-state index contributed by atoms with van der Waals surface area (Å²) in [7, 11) is 1.51. The smallest absolute Gasteiger partial charge is 0.315 e. The van der Waals surface area contributed by atoms with Crippen molar-refractivity contribution in [3.8, 4) is 0 Å². The third-order valence-electron chi connectivity index (χ3n) is 5.24. The number of ether oxygens (including phenoxy) is 2. The number of nitro benzene ring substituents is 1. The molecule has 0 aromatic heterocycles. The number of carbonyl (C=O) groups is 2. The lowest BCUT2D eigenvalue weighted by Crippen LogP contribution is -2.46. The van der Waals surface area contributed by atoms with Crippen LogP contribution < -0.4 is 0 Å². The molecular formula is C20H22N2O6. The Bertz CT molecular complexity index is 830. The SMILES string of the molecule is COCCOC(=O)C1C(C)=N[C@H]2CC=CC(=O)[C@@H]2[C@H]1c1ccc([N+](=O)[O-])cc1. The van der Waals surface area contributed by atoms with Crippen molar-refractivity contribution in [2.24, 2.45) is 16.8 Å². The van der Waals surface area contributed by atoms with Crippen molar-refractivity contribution < 1.29 is 24.0 Å². The van der Waals surface area contributed by atoms with Crippen LogP contribution in [0.25, 0.3) is 0 Å². The third-order valence-corrected chi connectivity index (χ3v) is 5.24. The lowest BCUT2D eigenvalue weighted by atomic mass is 9.66. The van der Waals surface area contributed by atoms with Crippen molar-refractivity contribution in [1.82, 2.24) is 0 Å². The third kappa shape index (κ3) is 3.87. The molecule has 0 spiro atoms. The molecule has 0 radical (unpaired) electrons. The average Bonchev–Trinajstić information content (AvgIpc) is 2.67. The first-order valence-corrected chi connectivity index (χ1v) is 9.08. The van der Waals surface area contributed by atoms with E-state index >= 15 is 0 Å². The van der Waals surface area contributed by atoms with Crippen molar-refractivity contribution in [3.63, 3.8) is 0 Å². The molecule has 1 aromatic rings. The summed E-state index contributed by atoms with van der Waals surface area (Å²) in [6.07, 6.45) is 3.94. The minimum atomic E-state index is -0.727. The predicted octanol–water partition coefficient (Wildman–Crippen LogP) is 2.47. The topological polar surface area (TPSA) is 108 Å². The standard InChI is InChI=1S/C20H22N2O6/c1-12-17(20(24)28-11-10-27-2)18(13-6-8-14(9-7-13)22(25)26)19-15(21-12)4-3-5-16(19)23/h3,5-9,15,17-19H,4,10-11H2,1-2H3/t15-,17?,18-,19+/m0/s1. The van der Waals surface area contributed by atoms with Gasteiger partial charge in [0.15, 0.2) is 5.78 Å². The lowest BCUT2D eigenvalue weighted by Gasteiger charge is -2.40. The zero-order valence-corrected chi connectivity index (χ0v) is 15.7. The highest BCUT2D eigenvalue weighted by Crippen LogP contribution is 2.43. The second-order valence-electron chi connectivity index (χ2n) is 6.92. The first-order valence-electron chi connectivity index (χ1n) is 9.08. The van der Waals surface area contributed by atoms with Crippen molar-refractivity contribution in [2.75, 3.05) is 20.3 Å². The van der Waals surface area contributed by atoms with Gasteiger partial charge in [0.2, 0.25) is 0 Å². The van der Waals surface area contributed by atoms with Gasteiger partial charge in [-0.05, 0) is 25.0 Å². The molecule has 0 saturated carbocycles. The summed E-state index contributed by atoms with van der Waals surface area (Å²) < 4.78 is 10.3. The molecule has 0 N–H and O–H groups in total. The molecule has 4 atom stereocenters. The van der Waals surface area contributed by atoms with Gasteiger partial charge in [0.25, 0.3) is 5.69 Å². The number of aliphatic imine (C=N–C) groups is 1. The number of nitrogens with zero attached hydrogens (tertiary/aromatic N) is 2. The predicted molar refractivity (Wildman–Crippen MR) is 101 cm³/mol. The summed E-state index contributed by atoms with van der Waals surface area (Å²) in [4.78, 5) is 40.6. The van der Waals surface area contributed by atoms with Gasteiger partial charge in [0.05, 0.1) is 23.5 Å². The van der Waals surface area contributed by atoms with Gasteiger partial charge in [0, 0.05) is 30.9 Å². The number of carbonyl (C=O) groups excluding carboxylic acids is 2. The van der Waals surface area contributed by atoms with Crippen LogP contribution >= 0.6 is 0 Å². The molecule has 0 bridgehead atoms. The maximum absolute atomic E-state index is 12.8. The zero-order chi connectivity index (χ0) is 20.3. The quantitative estimate of drug-likeness (QED) is 0.322. The Hall–Kier alpha value is -2.87. The maximum atomic E-state index is 12.8. The zero-order valence-electron chi connectivity index (χ0n) is 15.7. The minimum absolute atomic E-state index is 0.0458. The second kappa shape index (κ2) is 8.43. The van der Waals surface area contributed by atoms with E-state index in [4.69, 9.17) is 9.47 Å². The highest BCUT2D eigenvalue weighted by atomic mass is 16.6. The molecule has 28 heavy (non-hydrogen) atoms. The molecule has 2 aliphatic rings. The number of ketones is 1. The Balaban J connectivity index is 2.01. The fraction of sp³-hybridized carbons (Fsp3) is 0.450. The van der Waals surface area contributed by atoms with E-state index in [1.165, 1.54) is 25.3 Å². The number of hydrogen-bond donors (Lipinski definition) is 0. The molecule has 0 saturated heterocycles. The van der Waals surface area contributed by atoms with Crippen LogP contribution in [0.1, 0.15) is 24.8 Å². The first kappa shape index (κ1) is 19.9. The van der Waals surface area contributed by atoms with Gasteiger partial charge in [0.1, 0.15) is 12.5 Å². The number of benzene rings is 1. The van der Waals surface area contributed by atoms with Crippen LogP contribution in [0, 0.1) is 22.0 Å². The summed E-state index contributed by atoms with van der Waals surface area (Å²) in [5, 5.41) is 11.0. The van der Waals surface area contributed by atoms with E-state index < -0.39 is 28.6 Å². The highest BCUT2D eigenvalue weighted by Gasteiger charge is 2.48. The van der Waals surface area contributed by atoms with E-state index in [0.717, 1.165) is 0 Å². The molecule has 1 aliphatic heterocycles. The molecule has 3 rings (SSSR count). The van der Waals surface area contributed by atoms with Gasteiger partial charge in [-0.3, -0.25) is 24.7 Å².